The van der Waals surface area contributed by atoms with Crippen molar-refractivity contribution in [2.75, 3.05) is 5.32 Å². The molecule has 1 aliphatic heterocycles. The molecule has 1 fully saturated rings. The number of hydrogen-bond acceptors (Lipinski definition) is 3. The van der Waals surface area contributed by atoms with Crippen LogP contribution in [0.15, 0.2) is 0 Å². The standard InChI is InChI=1S/C10H14N4O2/c1-5-9(6(2)14-13-5)12-10(16)7-3-4-8(15)11-7/h7H,3-4H2,1-2H3,(H,11,15)(H,12,16)(H,13,14)/t7-/m0/s1. The maximum atomic E-state index is 11.8. The van der Waals surface area contributed by atoms with Crippen molar-refractivity contribution in [1.29, 1.82) is 0 Å². The maximum absolute atomic E-state index is 11.8. The minimum absolute atomic E-state index is 0.0687. The van der Waals surface area contributed by atoms with E-state index in [-0.39, 0.29) is 11.8 Å². The number of rotatable bonds is 2. The Bertz CT molecular complexity index is 419. The van der Waals surface area contributed by atoms with Crippen LogP contribution in [0.5, 0.6) is 0 Å². The Kier molecular flexibility index (Phi) is 2.64. The van der Waals surface area contributed by atoms with Gasteiger partial charge in [0.15, 0.2) is 0 Å². The number of amides is 2. The molecule has 1 atom stereocenters. The van der Waals surface area contributed by atoms with Crippen molar-refractivity contribution < 1.29 is 9.59 Å². The summed E-state index contributed by atoms with van der Waals surface area (Å²) in [5.41, 5.74) is 2.26. The van der Waals surface area contributed by atoms with Crippen LogP contribution in [0.4, 0.5) is 5.69 Å². The van der Waals surface area contributed by atoms with E-state index < -0.39 is 6.04 Å². The highest BCUT2D eigenvalue weighted by Gasteiger charge is 2.27. The van der Waals surface area contributed by atoms with Crippen LogP contribution in [0.25, 0.3) is 0 Å². The van der Waals surface area contributed by atoms with Gasteiger partial charge in [-0.1, -0.05) is 0 Å². The van der Waals surface area contributed by atoms with E-state index in [2.05, 4.69) is 20.8 Å². The van der Waals surface area contributed by atoms with E-state index in [9.17, 15) is 9.59 Å². The van der Waals surface area contributed by atoms with E-state index in [0.717, 1.165) is 11.4 Å². The minimum Gasteiger partial charge on any atom is -0.344 e. The lowest BCUT2D eigenvalue weighted by atomic mass is 10.2. The summed E-state index contributed by atoms with van der Waals surface area (Å²) in [6, 6.07) is -0.416. The molecule has 0 unspecified atom stereocenters. The van der Waals surface area contributed by atoms with E-state index in [4.69, 9.17) is 0 Å². The van der Waals surface area contributed by atoms with Crippen molar-refractivity contribution in [1.82, 2.24) is 15.5 Å². The normalized spacial score (nSPS) is 19.6. The average molecular weight is 222 g/mol. The zero-order valence-electron chi connectivity index (χ0n) is 9.26. The zero-order valence-corrected chi connectivity index (χ0v) is 9.26. The molecule has 2 rings (SSSR count). The van der Waals surface area contributed by atoms with Gasteiger partial charge in [-0.3, -0.25) is 14.7 Å². The molecule has 3 N–H and O–H groups in total. The minimum atomic E-state index is -0.416. The Morgan fingerprint density at radius 2 is 2.25 bits per heavy atom. The van der Waals surface area contributed by atoms with Crippen LogP contribution < -0.4 is 10.6 Å². The zero-order chi connectivity index (χ0) is 11.7. The van der Waals surface area contributed by atoms with Crippen LogP contribution in [0.3, 0.4) is 0 Å². The van der Waals surface area contributed by atoms with E-state index in [1.54, 1.807) is 0 Å². The van der Waals surface area contributed by atoms with Gasteiger partial charge in [0.25, 0.3) is 0 Å². The summed E-state index contributed by atoms with van der Waals surface area (Å²) < 4.78 is 0. The van der Waals surface area contributed by atoms with Crippen LogP contribution in [0, 0.1) is 13.8 Å². The number of hydrogen-bond donors (Lipinski definition) is 3. The van der Waals surface area contributed by atoms with Gasteiger partial charge in [0, 0.05) is 6.42 Å². The number of aryl methyl sites for hydroxylation is 2. The first-order valence-electron chi connectivity index (χ1n) is 5.19. The summed E-state index contributed by atoms with van der Waals surface area (Å²) in [6.07, 6.45) is 0.974. The fourth-order valence-corrected chi connectivity index (χ4v) is 1.76. The van der Waals surface area contributed by atoms with Gasteiger partial charge in [-0.2, -0.15) is 5.10 Å². The molecule has 1 saturated heterocycles. The summed E-state index contributed by atoms with van der Waals surface area (Å²) >= 11 is 0. The molecular weight excluding hydrogens is 208 g/mol. The van der Waals surface area contributed by atoms with Gasteiger partial charge in [0.2, 0.25) is 11.8 Å². The SMILES string of the molecule is Cc1n[nH]c(C)c1NC(=O)[C@@H]1CCC(=O)N1. The molecule has 1 aliphatic rings. The summed E-state index contributed by atoms with van der Waals surface area (Å²) in [7, 11) is 0. The Hall–Kier alpha value is -1.85. The van der Waals surface area contributed by atoms with E-state index in [1.165, 1.54) is 0 Å². The predicted octanol–water partition coefficient (Wildman–Crippen LogP) is 0.244. The van der Waals surface area contributed by atoms with Crippen LogP contribution >= 0.6 is 0 Å². The molecule has 2 amide bonds. The van der Waals surface area contributed by atoms with Crippen LogP contribution in [0.1, 0.15) is 24.2 Å². The topological polar surface area (TPSA) is 86.9 Å². The van der Waals surface area contributed by atoms with E-state index in [1.807, 2.05) is 13.8 Å². The van der Waals surface area contributed by atoms with Gasteiger partial charge in [-0.25, -0.2) is 0 Å². The average Bonchev–Trinajstić information content (AvgIpc) is 2.79. The Morgan fingerprint density at radius 1 is 1.50 bits per heavy atom. The third-order valence-corrected chi connectivity index (χ3v) is 2.69. The monoisotopic (exact) mass is 222 g/mol. The van der Waals surface area contributed by atoms with Crippen molar-refractivity contribution in [2.45, 2.75) is 32.7 Å². The molecule has 0 radical (unpaired) electrons. The molecule has 2 heterocycles. The third-order valence-electron chi connectivity index (χ3n) is 2.69. The van der Waals surface area contributed by atoms with Gasteiger partial charge in [0.1, 0.15) is 6.04 Å². The highest BCUT2D eigenvalue weighted by Crippen LogP contribution is 2.17. The summed E-state index contributed by atoms with van der Waals surface area (Å²) in [5.74, 6) is -0.251. The lowest BCUT2D eigenvalue weighted by Crippen LogP contribution is -2.37. The van der Waals surface area contributed by atoms with Crippen LogP contribution in [-0.4, -0.2) is 28.1 Å². The molecule has 6 heteroatoms. The molecular formula is C10H14N4O2. The Balaban J connectivity index is 2.05. The fourth-order valence-electron chi connectivity index (χ4n) is 1.76. The van der Waals surface area contributed by atoms with Crippen LogP contribution in [0.2, 0.25) is 0 Å². The Labute approximate surface area is 92.8 Å². The predicted molar refractivity (Wildman–Crippen MR) is 57.9 cm³/mol. The lowest BCUT2D eigenvalue weighted by Gasteiger charge is -2.10. The number of aromatic amines is 1. The summed E-state index contributed by atoms with van der Waals surface area (Å²) in [4.78, 5) is 22.8. The molecule has 0 aromatic carbocycles. The highest BCUT2D eigenvalue weighted by atomic mass is 16.2. The first-order valence-corrected chi connectivity index (χ1v) is 5.19. The van der Waals surface area contributed by atoms with E-state index in [0.29, 0.717) is 18.5 Å². The second kappa shape index (κ2) is 3.96. The molecule has 0 saturated carbocycles. The molecule has 16 heavy (non-hydrogen) atoms. The van der Waals surface area contributed by atoms with Crippen molar-refractivity contribution in [3.8, 4) is 0 Å². The van der Waals surface area contributed by atoms with Gasteiger partial charge in [-0.15, -0.1) is 0 Å². The van der Waals surface area contributed by atoms with Crippen molar-refractivity contribution in [3.05, 3.63) is 11.4 Å². The summed E-state index contributed by atoms with van der Waals surface area (Å²) in [6.45, 7) is 3.65. The number of nitrogens with zero attached hydrogens (tertiary/aromatic N) is 1. The number of aromatic nitrogens is 2. The number of H-pyrrole nitrogens is 1. The van der Waals surface area contributed by atoms with Crippen molar-refractivity contribution in [2.24, 2.45) is 0 Å². The second-order valence-corrected chi connectivity index (χ2v) is 3.96. The van der Waals surface area contributed by atoms with Gasteiger partial charge >= 0.3 is 0 Å². The van der Waals surface area contributed by atoms with Gasteiger partial charge < -0.3 is 10.6 Å². The molecule has 86 valence electrons. The number of carbonyl (C=O) groups is 2. The molecule has 0 spiro atoms. The maximum Gasteiger partial charge on any atom is 0.247 e. The van der Waals surface area contributed by atoms with Crippen molar-refractivity contribution in [3.63, 3.8) is 0 Å². The fraction of sp³-hybridized carbons (Fsp3) is 0.500. The van der Waals surface area contributed by atoms with Crippen molar-refractivity contribution >= 4 is 17.5 Å². The second-order valence-electron chi connectivity index (χ2n) is 3.96. The molecule has 1 aromatic heterocycles. The van der Waals surface area contributed by atoms with Gasteiger partial charge in [-0.05, 0) is 20.3 Å². The molecule has 6 nitrogen and oxygen atoms in total. The van der Waals surface area contributed by atoms with Gasteiger partial charge in [0.05, 0.1) is 17.1 Å². The number of nitrogens with one attached hydrogen (secondary N) is 3. The first kappa shape index (κ1) is 10.7. The van der Waals surface area contributed by atoms with Crippen LogP contribution in [-0.2, 0) is 9.59 Å². The van der Waals surface area contributed by atoms with E-state index >= 15 is 0 Å². The largest absolute Gasteiger partial charge is 0.344 e. The quantitative estimate of drug-likeness (QED) is 0.670. The Morgan fingerprint density at radius 3 is 2.75 bits per heavy atom. The first-order chi connectivity index (χ1) is 7.58. The number of carbonyl (C=O) groups excluding carboxylic acids is 2. The molecule has 0 bridgehead atoms. The molecule has 0 aliphatic carbocycles. The third kappa shape index (κ3) is 1.91. The smallest absolute Gasteiger partial charge is 0.247 e. The molecule has 1 aromatic rings. The highest BCUT2D eigenvalue weighted by molar-refractivity contribution is 5.99. The summed E-state index contributed by atoms with van der Waals surface area (Å²) in [5, 5.41) is 12.2. The number of anilines is 1. The lowest BCUT2D eigenvalue weighted by molar-refractivity contribution is -0.122.